The van der Waals surface area contributed by atoms with Gasteiger partial charge in [-0.15, -0.1) is 0 Å². The van der Waals surface area contributed by atoms with Crippen molar-refractivity contribution in [2.75, 3.05) is 52.6 Å². The number of hydrogen-bond donors (Lipinski definition) is 3. The summed E-state index contributed by atoms with van der Waals surface area (Å²) in [6.07, 6.45) is 10.8. The van der Waals surface area contributed by atoms with Gasteiger partial charge in [-0.3, -0.25) is 0 Å². The van der Waals surface area contributed by atoms with Crippen LogP contribution < -0.4 is 4.72 Å². The number of aromatic nitrogens is 1. The lowest BCUT2D eigenvalue weighted by Gasteiger charge is -2.32. The van der Waals surface area contributed by atoms with E-state index in [9.17, 15) is 13.5 Å². The summed E-state index contributed by atoms with van der Waals surface area (Å²) in [6.45, 7) is 5.79. The van der Waals surface area contributed by atoms with Gasteiger partial charge in [0.1, 0.15) is 5.60 Å². The second-order valence-electron chi connectivity index (χ2n) is 13.1. The van der Waals surface area contributed by atoms with Crippen molar-refractivity contribution in [3.63, 3.8) is 0 Å². The molecule has 4 aromatic rings. The Morgan fingerprint density at radius 1 is 0.891 bits per heavy atom. The third-order valence-electron chi connectivity index (χ3n) is 9.87. The van der Waals surface area contributed by atoms with Gasteiger partial charge >= 0.3 is 0 Å². The Hall–Kier alpha value is -3.01. The summed E-state index contributed by atoms with van der Waals surface area (Å²) in [4.78, 5) is 8.28. The average molecular weight is 645 g/mol. The van der Waals surface area contributed by atoms with Crippen molar-refractivity contribution in [1.82, 2.24) is 19.5 Å². The number of nitrogens with zero attached hydrogens (tertiary/aromatic N) is 2. The van der Waals surface area contributed by atoms with Crippen LogP contribution in [0.2, 0.25) is 0 Å². The summed E-state index contributed by atoms with van der Waals surface area (Å²) in [7, 11) is 0.476. The maximum Gasteiger partial charge on any atom is 0.211 e. The van der Waals surface area contributed by atoms with Crippen LogP contribution in [0.1, 0.15) is 73.1 Å². The van der Waals surface area contributed by atoms with Crippen molar-refractivity contribution in [3.05, 3.63) is 107 Å². The average Bonchev–Trinajstić information content (AvgIpc) is 3.52. The van der Waals surface area contributed by atoms with Gasteiger partial charge in [-0.2, -0.15) is 0 Å². The zero-order valence-corrected chi connectivity index (χ0v) is 28.4. The van der Waals surface area contributed by atoms with Gasteiger partial charge in [-0.25, -0.2) is 13.1 Å². The van der Waals surface area contributed by atoms with Crippen molar-refractivity contribution in [2.45, 2.75) is 62.9 Å². The second-order valence-corrected chi connectivity index (χ2v) is 15.1. The Labute approximate surface area is 276 Å². The number of hydrogen-bond acceptors (Lipinski definition) is 5. The Morgan fingerprint density at radius 3 is 2.13 bits per heavy atom. The molecule has 2 aliphatic heterocycles. The van der Waals surface area contributed by atoms with Gasteiger partial charge in [-0.05, 0) is 132 Å². The van der Waals surface area contributed by atoms with E-state index in [1.807, 2.05) is 66.7 Å². The quantitative estimate of drug-likeness (QED) is 0.180. The Balaban J connectivity index is 0.000000181. The highest BCUT2D eigenvalue weighted by Crippen LogP contribution is 2.35. The molecule has 2 saturated heterocycles. The fourth-order valence-electron chi connectivity index (χ4n) is 6.98. The largest absolute Gasteiger partial charge is 0.380 e. The first kappa shape index (κ1) is 34.3. The SMILES string of the molecule is CNS(=O)(=O)CCc1ccc2[nH]cc(C3CCN(C)CC3)c2c1.OC(CCCN1CCCCC1)(c1ccccc1)c1ccccc1. The predicted octanol–water partition coefficient (Wildman–Crippen LogP) is 6.26. The molecule has 0 amide bonds. The molecule has 0 bridgehead atoms. The highest BCUT2D eigenvalue weighted by molar-refractivity contribution is 7.89. The number of aliphatic hydroxyl groups is 1. The van der Waals surface area contributed by atoms with Crippen LogP contribution in [-0.2, 0) is 22.0 Å². The van der Waals surface area contributed by atoms with E-state index in [0.29, 0.717) is 12.3 Å². The van der Waals surface area contributed by atoms with Gasteiger partial charge < -0.3 is 19.9 Å². The number of benzene rings is 3. The van der Waals surface area contributed by atoms with Gasteiger partial charge in [0.15, 0.2) is 0 Å². The first-order valence-corrected chi connectivity index (χ1v) is 18.7. The molecule has 6 rings (SSSR count). The van der Waals surface area contributed by atoms with E-state index in [0.717, 1.165) is 54.7 Å². The van der Waals surface area contributed by atoms with Gasteiger partial charge in [0, 0.05) is 17.1 Å². The first-order valence-electron chi connectivity index (χ1n) is 17.0. The molecule has 2 aliphatic rings. The molecule has 2 fully saturated rings. The van der Waals surface area contributed by atoms with E-state index >= 15 is 0 Å². The van der Waals surface area contributed by atoms with E-state index < -0.39 is 15.6 Å². The number of H-pyrrole nitrogens is 1. The van der Waals surface area contributed by atoms with Crippen LogP contribution in [0.4, 0.5) is 0 Å². The smallest absolute Gasteiger partial charge is 0.211 e. The van der Waals surface area contributed by atoms with Crippen LogP contribution in [0.3, 0.4) is 0 Å². The minimum Gasteiger partial charge on any atom is -0.380 e. The highest BCUT2D eigenvalue weighted by atomic mass is 32.2. The van der Waals surface area contributed by atoms with Crippen LogP contribution in [0.25, 0.3) is 10.9 Å². The number of sulfonamides is 1. The minimum atomic E-state index is -3.16. The molecule has 3 heterocycles. The molecule has 0 radical (unpaired) electrons. The van der Waals surface area contributed by atoms with E-state index in [-0.39, 0.29) is 5.75 Å². The summed E-state index contributed by atoms with van der Waals surface area (Å²) >= 11 is 0. The third kappa shape index (κ3) is 9.07. The molecular formula is C38H52N4O3S. The Morgan fingerprint density at radius 2 is 1.52 bits per heavy atom. The van der Waals surface area contributed by atoms with Crippen LogP contribution >= 0.6 is 0 Å². The minimum absolute atomic E-state index is 0.128. The number of nitrogens with one attached hydrogen (secondary N) is 2. The fraction of sp³-hybridized carbons (Fsp3) is 0.474. The molecule has 0 atom stereocenters. The lowest BCUT2D eigenvalue weighted by Crippen LogP contribution is -2.33. The molecule has 7 nitrogen and oxygen atoms in total. The highest BCUT2D eigenvalue weighted by Gasteiger charge is 2.31. The monoisotopic (exact) mass is 644 g/mol. The van der Waals surface area contributed by atoms with Crippen molar-refractivity contribution in [2.24, 2.45) is 0 Å². The lowest BCUT2D eigenvalue weighted by molar-refractivity contribution is 0.0638. The fourth-order valence-corrected chi connectivity index (χ4v) is 7.69. The van der Waals surface area contributed by atoms with Crippen molar-refractivity contribution in [3.8, 4) is 0 Å². The van der Waals surface area contributed by atoms with E-state index in [2.05, 4.69) is 44.9 Å². The van der Waals surface area contributed by atoms with Gasteiger partial charge in [0.25, 0.3) is 0 Å². The molecule has 3 N–H and O–H groups in total. The first-order chi connectivity index (χ1) is 22.3. The summed E-state index contributed by atoms with van der Waals surface area (Å²) < 4.78 is 25.6. The van der Waals surface area contributed by atoms with Crippen molar-refractivity contribution < 1.29 is 13.5 Å². The molecule has 46 heavy (non-hydrogen) atoms. The van der Waals surface area contributed by atoms with Crippen LogP contribution in [0.15, 0.2) is 85.1 Å². The number of fused-ring (bicyclic) bond motifs is 1. The standard InChI is InChI=1S/C21H27NO.C17H25N3O2S/c23-21(19-11-4-1-5-12-19,20-13-6-2-7-14-20)15-10-18-22-16-8-3-9-17-22;1-18-23(21,22)10-7-13-3-4-17-15(11-13)16(12-19-17)14-5-8-20(2)9-6-14/h1-2,4-7,11-14,23H,3,8-10,15-18H2;3-4,11-12,14,18-19H,5-10H2,1-2H3. The normalized spacial score (nSPS) is 17.1. The second kappa shape index (κ2) is 16.2. The molecule has 0 aliphatic carbocycles. The number of aryl methyl sites for hydroxylation is 1. The number of likely N-dealkylation sites (tertiary alicyclic amines) is 2. The van der Waals surface area contributed by atoms with Crippen LogP contribution in [-0.4, -0.2) is 80.9 Å². The van der Waals surface area contributed by atoms with E-state index in [1.54, 1.807) is 0 Å². The molecule has 8 heteroatoms. The zero-order chi connectivity index (χ0) is 32.4. The number of aromatic amines is 1. The number of piperidine rings is 2. The maximum absolute atomic E-state index is 11.6. The zero-order valence-electron chi connectivity index (χ0n) is 27.6. The lowest BCUT2D eigenvalue weighted by atomic mass is 9.82. The maximum atomic E-state index is 11.6. The van der Waals surface area contributed by atoms with Gasteiger partial charge in [0.05, 0.1) is 5.75 Å². The summed E-state index contributed by atoms with van der Waals surface area (Å²) in [5, 5.41) is 12.7. The summed E-state index contributed by atoms with van der Waals surface area (Å²) in [6, 6.07) is 26.4. The van der Waals surface area contributed by atoms with Crippen LogP contribution in [0, 0.1) is 0 Å². The molecule has 248 valence electrons. The molecule has 1 aromatic heterocycles. The van der Waals surface area contributed by atoms with Crippen molar-refractivity contribution >= 4 is 20.9 Å². The van der Waals surface area contributed by atoms with Gasteiger partial charge in [-0.1, -0.05) is 73.2 Å². The summed E-state index contributed by atoms with van der Waals surface area (Å²) in [5.41, 5.74) is 4.68. The van der Waals surface area contributed by atoms with Crippen LogP contribution in [0.5, 0.6) is 0 Å². The summed E-state index contributed by atoms with van der Waals surface area (Å²) in [5.74, 6) is 0.722. The van der Waals surface area contributed by atoms with E-state index in [4.69, 9.17) is 0 Å². The third-order valence-corrected chi connectivity index (χ3v) is 11.2. The van der Waals surface area contributed by atoms with E-state index in [1.165, 1.54) is 63.2 Å². The Bertz CT molecular complexity index is 1550. The van der Waals surface area contributed by atoms with Crippen molar-refractivity contribution in [1.29, 1.82) is 0 Å². The molecule has 0 unspecified atom stereocenters. The molecule has 0 spiro atoms. The Kier molecular flexibility index (Phi) is 12.1. The molecule has 3 aromatic carbocycles. The predicted molar refractivity (Wildman–Crippen MR) is 190 cm³/mol. The topological polar surface area (TPSA) is 88.7 Å². The molecular weight excluding hydrogens is 593 g/mol. The number of rotatable bonds is 11. The molecule has 0 saturated carbocycles. The van der Waals surface area contributed by atoms with Gasteiger partial charge in [0.2, 0.25) is 10.0 Å².